The number of rotatable bonds is 7. The number of alkyl halides is 1. The summed E-state index contributed by atoms with van der Waals surface area (Å²) in [6, 6.07) is 1.42. The van der Waals surface area contributed by atoms with Gasteiger partial charge in [-0.25, -0.2) is 0 Å². The van der Waals surface area contributed by atoms with Crippen LogP contribution in [0.25, 0.3) is 0 Å². The van der Waals surface area contributed by atoms with Crippen molar-refractivity contribution < 1.29 is 0 Å². The van der Waals surface area contributed by atoms with Gasteiger partial charge in [-0.2, -0.15) is 0 Å². The average Bonchev–Trinajstić information content (AvgIpc) is 2.12. The van der Waals surface area contributed by atoms with E-state index in [1.807, 2.05) is 0 Å². The van der Waals surface area contributed by atoms with Crippen LogP contribution in [0.5, 0.6) is 0 Å². The van der Waals surface area contributed by atoms with Gasteiger partial charge < -0.3 is 0 Å². The van der Waals surface area contributed by atoms with Gasteiger partial charge in [-0.15, -0.1) is 11.6 Å². The molecule has 0 aliphatic carbocycles. The van der Waals surface area contributed by atoms with Gasteiger partial charge in [-0.1, -0.05) is 58.7 Å². The summed E-state index contributed by atoms with van der Waals surface area (Å²) < 4.78 is 0. The van der Waals surface area contributed by atoms with E-state index in [2.05, 4.69) is 26.9 Å². The lowest BCUT2D eigenvalue weighted by atomic mass is 10.0. The fraction of sp³-hybridized carbons (Fsp3) is 1.00. The highest BCUT2D eigenvalue weighted by Crippen LogP contribution is 2.25. The van der Waals surface area contributed by atoms with Crippen LogP contribution in [0.2, 0.25) is 19.1 Å². The summed E-state index contributed by atoms with van der Waals surface area (Å²) in [5, 5.41) is 0. The van der Waals surface area contributed by atoms with Gasteiger partial charge in [0.05, 0.1) is 8.07 Å². The van der Waals surface area contributed by atoms with Gasteiger partial charge in [-0.3, -0.25) is 0 Å². The van der Waals surface area contributed by atoms with E-state index in [9.17, 15) is 0 Å². The Hall–Kier alpha value is 0.507. The first-order valence-corrected chi connectivity index (χ1v) is 9.56. The van der Waals surface area contributed by atoms with Gasteiger partial charge in [0, 0.05) is 5.50 Å². The minimum atomic E-state index is -1.05. The van der Waals surface area contributed by atoms with Crippen molar-refractivity contribution in [3.63, 3.8) is 0 Å². The van der Waals surface area contributed by atoms with Crippen LogP contribution in [0.1, 0.15) is 39.5 Å². The third-order valence-corrected chi connectivity index (χ3v) is 7.32. The maximum Gasteiger partial charge on any atom is 0.0642 e. The number of halogens is 1. The van der Waals surface area contributed by atoms with Crippen LogP contribution in [0.4, 0.5) is 0 Å². The molecule has 0 spiro atoms. The number of unbranched alkanes of at least 4 members (excludes halogenated alkanes) is 1. The Labute approximate surface area is 90.1 Å². The zero-order valence-electron chi connectivity index (χ0n) is 9.70. The summed E-state index contributed by atoms with van der Waals surface area (Å²) in [6.45, 7) is 9.42. The standard InChI is InChI=1S/C11H25ClSi/c1-5-7-8-11(6-2)9-13(3,4)10-12/h11H,5-10H2,1-4H3. The van der Waals surface area contributed by atoms with E-state index < -0.39 is 8.07 Å². The second-order valence-corrected chi connectivity index (χ2v) is 10.7. The van der Waals surface area contributed by atoms with Crippen LogP contribution >= 0.6 is 11.6 Å². The maximum absolute atomic E-state index is 5.99. The molecular weight excluding hydrogens is 196 g/mol. The molecule has 0 rings (SSSR count). The van der Waals surface area contributed by atoms with Crippen molar-refractivity contribution in [2.24, 2.45) is 5.92 Å². The monoisotopic (exact) mass is 220 g/mol. The Morgan fingerprint density at radius 2 is 1.85 bits per heavy atom. The summed E-state index contributed by atoms with van der Waals surface area (Å²) in [6.07, 6.45) is 5.48. The summed E-state index contributed by atoms with van der Waals surface area (Å²) >= 11 is 5.99. The van der Waals surface area contributed by atoms with E-state index in [1.165, 1.54) is 31.7 Å². The molecule has 0 saturated carbocycles. The van der Waals surface area contributed by atoms with Crippen molar-refractivity contribution in [2.75, 3.05) is 5.50 Å². The molecule has 0 aromatic carbocycles. The highest BCUT2D eigenvalue weighted by atomic mass is 35.5. The second-order valence-electron chi connectivity index (χ2n) is 4.92. The van der Waals surface area contributed by atoms with Crippen molar-refractivity contribution in [3.05, 3.63) is 0 Å². The lowest BCUT2D eigenvalue weighted by molar-refractivity contribution is 0.486. The molecule has 0 amide bonds. The molecule has 80 valence electrons. The van der Waals surface area contributed by atoms with E-state index in [0.29, 0.717) is 0 Å². The number of hydrogen-bond acceptors (Lipinski definition) is 0. The molecule has 0 bridgehead atoms. The largest absolute Gasteiger partial charge is 0.130 e. The molecule has 0 aliphatic rings. The van der Waals surface area contributed by atoms with Crippen LogP contribution in [0, 0.1) is 5.92 Å². The van der Waals surface area contributed by atoms with E-state index >= 15 is 0 Å². The van der Waals surface area contributed by atoms with Crippen molar-refractivity contribution >= 4 is 19.7 Å². The predicted octanol–water partition coefficient (Wildman–Crippen LogP) is 4.69. The van der Waals surface area contributed by atoms with Gasteiger partial charge in [0.15, 0.2) is 0 Å². The summed E-state index contributed by atoms with van der Waals surface area (Å²) in [4.78, 5) is 0. The molecule has 2 heteroatoms. The molecule has 0 aliphatic heterocycles. The normalized spacial score (nSPS) is 14.5. The molecule has 0 aromatic heterocycles. The smallest absolute Gasteiger partial charge is 0.0642 e. The van der Waals surface area contributed by atoms with Crippen LogP contribution in [-0.2, 0) is 0 Å². The Morgan fingerprint density at radius 3 is 2.23 bits per heavy atom. The molecular formula is C11H25ClSi. The Morgan fingerprint density at radius 1 is 1.23 bits per heavy atom. The van der Waals surface area contributed by atoms with Gasteiger partial charge in [-0.05, 0) is 5.92 Å². The fourth-order valence-corrected chi connectivity index (χ4v) is 4.27. The second kappa shape index (κ2) is 6.89. The number of hydrogen-bond donors (Lipinski definition) is 0. The summed E-state index contributed by atoms with van der Waals surface area (Å²) in [5.41, 5.74) is 0.926. The average molecular weight is 221 g/mol. The first-order valence-electron chi connectivity index (χ1n) is 5.61. The van der Waals surface area contributed by atoms with Crippen LogP contribution in [0.3, 0.4) is 0 Å². The minimum Gasteiger partial charge on any atom is -0.130 e. The summed E-state index contributed by atoms with van der Waals surface area (Å²) in [7, 11) is -1.05. The molecule has 0 radical (unpaired) electrons. The first kappa shape index (κ1) is 13.5. The fourth-order valence-electron chi connectivity index (χ4n) is 1.78. The zero-order valence-corrected chi connectivity index (χ0v) is 11.5. The Bertz CT molecular complexity index is 123. The Kier molecular flexibility index (Phi) is 7.16. The molecule has 0 N–H and O–H groups in total. The van der Waals surface area contributed by atoms with E-state index in [1.54, 1.807) is 0 Å². The molecule has 0 aromatic rings. The van der Waals surface area contributed by atoms with Crippen LogP contribution in [0.15, 0.2) is 0 Å². The van der Waals surface area contributed by atoms with E-state index in [0.717, 1.165) is 11.4 Å². The molecule has 0 fully saturated rings. The third kappa shape index (κ3) is 6.56. The topological polar surface area (TPSA) is 0 Å². The van der Waals surface area contributed by atoms with E-state index in [-0.39, 0.29) is 0 Å². The highest BCUT2D eigenvalue weighted by Gasteiger charge is 2.23. The molecule has 0 nitrogen and oxygen atoms in total. The third-order valence-electron chi connectivity index (χ3n) is 2.75. The van der Waals surface area contributed by atoms with Crippen molar-refractivity contribution in [3.8, 4) is 0 Å². The van der Waals surface area contributed by atoms with Gasteiger partial charge in [0.1, 0.15) is 0 Å². The maximum atomic E-state index is 5.99. The molecule has 1 atom stereocenters. The first-order chi connectivity index (χ1) is 6.05. The van der Waals surface area contributed by atoms with Crippen molar-refractivity contribution in [1.29, 1.82) is 0 Å². The van der Waals surface area contributed by atoms with Gasteiger partial charge >= 0.3 is 0 Å². The quantitative estimate of drug-likeness (QED) is 0.432. The van der Waals surface area contributed by atoms with Crippen LogP contribution < -0.4 is 0 Å². The molecule has 0 heterocycles. The lowest BCUT2D eigenvalue weighted by Gasteiger charge is -2.25. The molecule has 13 heavy (non-hydrogen) atoms. The van der Waals surface area contributed by atoms with Gasteiger partial charge in [0.2, 0.25) is 0 Å². The van der Waals surface area contributed by atoms with Crippen molar-refractivity contribution in [1.82, 2.24) is 0 Å². The van der Waals surface area contributed by atoms with Crippen molar-refractivity contribution in [2.45, 2.75) is 58.7 Å². The molecule has 1 unspecified atom stereocenters. The molecule has 0 saturated heterocycles. The lowest BCUT2D eigenvalue weighted by Crippen LogP contribution is -2.31. The summed E-state index contributed by atoms with van der Waals surface area (Å²) in [5.74, 6) is 0.945. The van der Waals surface area contributed by atoms with Gasteiger partial charge in [0.25, 0.3) is 0 Å². The van der Waals surface area contributed by atoms with E-state index in [4.69, 9.17) is 11.6 Å². The minimum absolute atomic E-state index is 0.926. The SMILES string of the molecule is CCCCC(CC)C[Si](C)(C)CCl. The predicted molar refractivity (Wildman–Crippen MR) is 66.3 cm³/mol. The van der Waals surface area contributed by atoms with Crippen LogP contribution in [-0.4, -0.2) is 13.6 Å². The highest BCUT2D eigenvalue weighted by molar-refractivity contribution is 6.83. The zero-order chi connectivity index (χ0) is 10.3. The Balaban J connectivity index is 3.82.